The molecule has 0 radical (unpaired) electrons. The maximum atomic E-state index is 13.9. The van der Waals surface area contributed by atoms with Gasteiger partial charge in [0.1, 0.15) is 31.4 Å². The van der Waals surface area contributed by atoms with E-state index in [9.17, 15) is 22.0 Å². The van der Waals surface area contributed by atoms with Gasteiger partial charge in [0.2, 0.25) is 5.91 Å². The first kappa shape index (κ1) is 22.5. The highest BCUT2D eigenvalue weighted by atomic mass is 32.2. The number of nitrogens with zero attached hydrogens (tertiary/aromatic N) is 1. The highest BCUT2D eigenvalue weighted by Gasteiger charge is 2.29. The molecule has 1 N–H and O–H groups in total. The van der Waals surface area contributed by atoms with Crippen molar-refractivity contribution in [3.63, 3.8) is 0 Å². The van der Waals surface area contributed by atoms with Gasteiger partial charge in [-0.25, -0.2) is 17.2 Å². The molecule has 33 heavy (non-hydrogen) atoms. The van der Waals surface area contributed by atoms with Crippen LogP contribution in [0.25, 0.3) is 0 Å². The molecule has 0 atom stereocenters. The van der Waals surface area contributed by atoms with Gasteiger partial charge in [-0.2, -0.15) is 0 Å². The van der Waals surface area contributed by atoms with Crippen LogP contribution < -0.4 is 19.1 Å². The second-order valence-electron chi connectivity index (χ2n) is 7.20. The zero-order valence-electron chi connectivity index (χ0n) is 17.3. The number of nitrogens with one attached hydrogen (secondary N) is 1. The molecule has 3 aromatic rings. The van der Waals surface area contributed by atoms with Crippen LogP contribution in [0.4, 0.5) is 14.5 Å². The maximum absolute atomic E-state index is 13.9. The summed E-state index contributed by atoms with van der Waals surface area (Å²) in [4.78, 5) is 12.5. The molecule has 1 aliphatic rings. The predicted octanol–water partition coefficient (Wildman–Crippen LogP) is 3.25. The fraction of sp³-hybridized carbons (Fsp3) is 0.174. The number of carbonyl (C=O) groups is 1. The highest BCUT2D eigenvalue weighted by Crippen LogP contribution is 2.34. The maximum Gasteiger partial charge on any atom is 0.264 e. The Hall–Kier alpha value is -3.66. The molecule has 0 saturated heterocycles. The summed E-state index contributed by atoms with van der Waals surface area (Å²) in [7, 11) is -4.27. The van der Waals surface area contributed by atoms with Crippen molar-refractivity contribution in [2.75, 3.05) is 24.1 Å². The molecule has 172 valence electrons. The van der Waals surface area contributed by atoms with Crippen molar-refractivity contribution in [3.8, 4) is 11.5 Å². The minimum Gasteiger partial charge on any atom is -0.486 e. The number of benzene rings is 3. The Morgan fingerprint density at radius 3 is 2.36 bits per heavy atom. The molecular formula is C23H20F2N2O5S. The van der Waals surface area contributed by atoms with E-state index in [2.05, 4.69) is 5.32 Å². The zero-order chi connectivity index (χ0) is 23.4. The van der Waals surface area contributed by atoms with E-state index in [-0.39, 0.29) is 29.5 Å². The van der Waals surface area contributed by atoms with Gasteiger partial charge >= 0.3 is 0 Å². The standard InChI is InChI=1S/C23H20F2N2O5S/c24-17-6-4-16(5-7-17)14-26-23(28)15-27(19-3-1-2-18(25)12-19)33(29,30)20-8-9-21-22(13-20)32-11-10-31-21/h1-9,12-13H,10-11,14-15H2,(H,26,28). The van der Waals surface area contributed by atoms with Crippen LogP contribution in [0.1, 0.15) is 5.56 Å². The first-order valence-corrected chi connectivity index (χ1v) is 11.5. The molecule has 0 aromatic heterocycles. The van der Waals surface area contributed by atoms with Gasteiger partial charge in [0.25, 0.3) is 10.0 Å². The van der Waals surface area contributed by atoms with E-state index < -0.39 is 34.1 Å². The van der Waals surface area contributed by atoms with E-state index in [0.29, 0.717) is 17.9 Å². The zero-order valence-corrected chi connectivity index (χ0v) is 18.1. The van der Waals surface area contributed by atoms with Gasteiger partial charge in [-0.1, -0.05) is 18.2 Å². The van der Waals surface area contributed by atoms with Crippen molar-refractivity contribution in [2.45, 2.75) is 11.4 Å². The van der Waals surface area contributed by atoms with Crippen LogP contribution >= 0.6 is 0 Å². The number of anilines is 1. The summed E-state index contributed by atoms with van der Waals surface area (Å²) in [5.74, 6) is -1.00. The molecular weight excluding hydrogens is 454 g/mol. The Kier molecular flexibility index (Phi) is 6.45. The summed E-state index contributed by atoms with van der Waals surface area (Å²) in [6.07, 6.45) is 0. The fourth-order valence-corrected chi connectivity index (χ4v) is 4.68. The van der Waals surface area contributed by atoms with E-state index in [0.717, 1.165) is 10.4 Å². The van der Waals surface area contributed by atoms with Crippen LogP contribution in [0.3, 0.4) is 0 Å². The lowest BCUT2D eigenvalue weighted by Crippen LogP contribution is -2.40. The predicted molar refractivity (Wildman–Crippen MR) is 117 cm³/mol. The SMILES string of the molecule is O=C(CN(c1cccc(F)c1)S(=O)(=O)c1ccc2c(c1)OCCO2)NCc1ccc(F)cc1. The first-order valence-electron chi connectivity index (χ1n) is 10.0. The van der Waals surface area contributed by atoms with Crippen molar-refractivity contribution in [3.05, 3.63) is 83.9 Å². The summed E-state index contributed by atoms with van der Waals surface area (Å²) in [5, 5.41) is 2.60. The summed E-state index contributed by atoms with van der Waals surface area (Å²) in [6, 6.07) is 14.6. The molecule has 3 aromatic carbocycles. The van der Waals surface area contributed by atoms with E-state index in [4.69, 9.17) is 9.47 Å². The minimum atomic E-state index is -4.27. The van der Waals surface area contributed by atoms with Crippen molar-refractivity contribution >= 4 is 21.6 Å². The Morgan fingerprint density at radius 1 is 0.909 bits per heavy atom. The van der Waals surface area contributed by atoms with Crippen LogP contribution in [0.15, 0.2) is 71.6 Å². The Labute approximate surface area is 189 Å². The number of halogens is 2. The summed E-state index contributed by atoms with van der Waals surface area (Å²) in [6.45, 7) is 0.0975. The highest BCUT2D eigenvalue weighted by molar-refractivity contribution is 7.92. The molecule has 0 fully saturated rings. The third kappa shape index (κ3) is 5.23. The third-order valence-corrected chi connectivity index (χ3v) is 6.66. The molecule has 1 amide bonds. The molecule has 0 unspecified atom stereocenters. The topological polar surface area (TPSA) is 84.9 Å². The third-order valence-electron chi connectivity index (χ3n) is 4.89. The molecule has 0 bridgehead atoms. The normalized spacial score (nSPS) is 12.8. The molecule has 4 rings (SSSR count). The fourth-order valence-electron chi connectivity index (χ4n) is 3.25. The van der Waals surface area contributed by atoms with E-state index >= 15 is 0 Å². The average molecular weight is 474 g/mol. The molecule has 1 heterocycles. The summed E-state index contributed by atoms with van der Waals surface area (Å²) < 4.78 is 65.6. The van der Waals surface area contributed by atoms with Crippen LogP contribution in [-0.4, -0.2) is 34.1 Å². The lowest BCUT2D eigenvalue weighted by atomic mass is 10.2. The van der Waals surface area contributed by atoms with Gasteiger partial charge in [-0.3, -0.25) is 9.10 Å². The van der Waals surface area contributed by atoms with E-state index in [1.165, 1.54) is 60.7 Å². The lowest BCUT2D eigenvalue weighted by molar-refractivity contribution is -0.119. The molecule has 0 saturated carbocycles. The summed E-state index contributed by atoms with van der Waals surface area (Å²) >= 11 is 0. The van der Waals surface area contributed by atoms with Gasteiger partial charge in [-0.05, 0) is 48.0 Å². The van der Waals surface area contributed by atoms with Crippen LogP contribution in [0.5, 0.6) is 11.5 Å². The van der Waals surface area contributed by atoms with Gasteiger partial charge < -0.3 is 14.8 Å². The van der Waals surface area contributed by atoms with Gasteiger partial charge in [0.05, 0.1) is 10.6 Å². The van der Waals surface area contributed by atoms with Crippen molar-refractivity contribution in [1.29, 1.82) is 0 Å². The van der Waals surface area contributed by atoms with Gasteiger partial charge in [-0.15, -0.1) is 0 Å². The average Bonchev–Trinajstić information content (AvgIpc) is 2.81. The van der Waals surface area contributed by atoms with Crippen molar-refractivity contribution < 1.29 is 31.5 Å². The number of carbonyl (C=O) groups excluding carboxylic acids is 1. The number of amides is 1. The van der Waals surface area contributed by atoms with E-state index in [1.54, 1.807) is 0 Å². The van der Waals surface area contributed by atoms with Crippen LogP contribution in [-0.2, 0) is 21.4 Å². The molecule has 1 aliphatic heterocycles. The smallest absolute Gasteiger partial charge is 0.264 e. The van der Waals surface area contributed by atoms with Gasteiger partial charge in [0.15, 0.2) is 11.5 Å². The largest absolute Gasteiger partial charge is 0.486 e. The number of sulfonamides is 1. The van der Waals surface area contributed by atoms with Gasteiger partial charge in [0, 0.05) is 12.6 Å². The molecule has 0 spiro atoms. The number of rotatable bonds is 7. The quantitative estimate of drug-likeness (QED) is 0.568. The molecule has 7 nitrogen and oxygen atoms in total. The monoisotopic (exact) mass is 474 g/mol. The number of fused-ring (bicyclic) bond motifs is 1. The summed E-state index contributed by atoms with van der Waals surface area (Å²) in [5.41, 5.74) is 0.624. The van der Waals surface area contributed by atoms with E-state index in [1.807, 2.05) is 0 Å². The second kappa shape index (κ2) is 9.45. The molecule has 0 aliphatic carbocycles. The van der Waals surface area contributed by atoms with Crippen LogP contribution in [0, 0.1) is 11.6 Å². The van der Waals surface area contributed by atoms with Crippen molar-refractivity contribution in [2.24, 2.45) is 0 Å². The van der Waals surface area contributed by atoms with Crippen LogP contribution in [0.2, 0.25) is 0 Å². The Morgan fingerprint density at radius 2 is 1.64 bits per heavy atom. The Bertz CT molecular complexity index is 1270. The minimum absolute atomic E-state index is 0.0122. The molecule has 10 heteroatoms. The number of hydrogen-bond acceptors (Lipinski definition) is 5. The first-order chi connectivity index (χ1) is 15.8. The van der Waals surface area contributed by atoms with Crippen molar-refractivity contribution in [1.82, 2.24) is 5.32 Å². The second-order valence-corrected chi connectivity index (χ2v) is 9.06. The number of hydrogen-bond donors (Lipinski definition) is 1. The Balaban J connectivity index is 1.60. The lowest BCUT2D eigenvalue weighted by Gasteiger charge is -2.25. The number of ether oxygens (including phenoxy) is 2.